The number of nitrogens with two attached hydrogens (primary N) is 1. The number of amides is 1. The molecule has 1 aromatic rings. The molecule has 0 aliphatic heterocycles. The molecule has 1 rings (SSSR count). The summed E-state index contributed by atoms with van der Waals surface area (Å²) in [6, 6.07) is 0. The average Bonchev–Trinajstić information content (AvgIpc) is 2.78. The maximum atomic E-state index is 11.5. The SMILES string of the molecule is CC(C)(CNC(=O)c1cnns1)C(N)=NO. The van der Waals surface area contributed by atoms with Crippen LogP contribution in [-0.2, 0) is 0 Å². The minimum atomic E-state index is -0.609. The molecule has 0 aliphatic rings. The van der Waals surface area contributed by atoms with Crippen LogP contribution in [0.2, 0.25) is 0 Å². The molecule has 0 unspecified atom stereocenters. The zero-order valence-electron chi connectivity index (χ0n) is 8.97. The Morgan fingerprint density at radius 3 is 2.94 bits per heavy atom. The normalized spacial score (nSPS) is 12.5. The lowest BCUT2D eigenvalue weighted by atomic mass is 9.92. The van der Waals surface area contributed by atoms with E-state index in [1.807, 2.05) is 0 Å². The third-order valence-electron chi connectivity index (χ3n) is 2.08. The summed E-state index contributed by atoms with van der Waals surface area (Å²) in [7, 11) is 0. The molecule has 7 nitrogen and oxygen atoms in total. The first-order valence-corrected chi connectivity index (χ1v) is 5.28. The van der Waals surface area contributed by atoms with Gasteiger partial charge in [0.1, 0.15) is 10.7 Å². The Labute approximate surface area is 96.5 Å². The van der Waals surface area contributed by atoms with Crippen LogP contribution in [0.3, 0.4) is 0 Å². The number of nitrogens with one attached hydrogen (secondary N) is 1. The van der Waals surface area contributed by atoms with Crippen LogP contribution in [0.15, 0.2) is 11.4 Å². The van der Waals surface area contributed by atoms with Gasteiger partial charge in [0.15, 0.2) is 0 Å². The van der Waals surface area contributed by atoms with Crippen LogP contribution in [0, 0.1) is 5.41 Å². The van der Waals surface area contributed by atoms with Gasteiger partial charge in [-0.15, -0.1) is 5.10 Å². The van der Waals surface area contributed by atoms with Gasteiger partial charge in [-0.1, -0.05) is 23.5 Å². The molecule has 4 N–H and O–H groups in total. The summed E-state index contributed by atoms with van der Waals surface area (Å²) in [5.74, 6) is -0.205. The maximum absolute atomic E-state index is 11.5. The minimum Gasteiger partial charge on any atom is -0.409 e. The van der Waals surface area contributed by atoms with Crippen molar-refractivity contribution >= 4 is 23.3 Å². The van der Waals surface area contributed by atoms with E-state index in [1.165, 1.54) is 6.20 Å². The van der Waals surface area contributed by atoms with Crippen molar-refractivity contribution in [1.29, 1.82) is 0 Å². The molecular formula is C8H13N5O2S. The van der Waals surface area contributed by atoms with Gasteiger partial charge < -0.3 is 16.3 Å². The number of oxime groups is 1. The second-order valence-electron chi connectivity index (χ2n) is 3.83. The maximum Gasteiger partial charge on any atom is 0.264 e. The Bertz CT molecular complexity index is 387. The van der Waals surface area contributed by atoms with Crippen molar-refractivity contribution < 1.29 is 10.0 Å². The number of amidine groups is 1. The Morgan fingerprint density at radius 1 is 1.75 bits per heavy atom. The lowest BCUT2D eigenvalue weighted by Crippen LogP contribution is -2.42. The van der Waals surface area contributed by atoms with E-state index in [2.05, 4.69) is 20.1 Å². The van der Waals surface area contributed by atoms with Crippen molar-refractivity contribution in [3.05, 3.63) is 11.1 Å². The molecule has 0 bridgehead atoms. The molecule has 0 saturated heterocycles. The van der Waals surface area contributed by atoms with Gasteiger partial charge in [-0.2, -0.15) is 0 Å². The molecule has 0 spiro atoms. The molecule has 1 heterocycles. The Kier molecular flexibility index (Phi) is 3.78. The summed E-state index contributed by atoms with van der Waals surface area (Å²) in [5.41, 5.74) is 4.87. The van der Waals surface area contributed by atoms with Crippen molar-refractivity contribution in [3.63, 3.8) is 0 Å². The highest BCUT2D eigenvalue weighted by Gasteiger charge is 2.24. The summed E-state index contributed by atoms with van der Waals surface area (Å²) >= 11 is 1.01. The number of hydrogen-bond acceptors (Lipinski definition) is 6. The van der Waals surface area contributed by atoms with Crippen LogP contribution >= 0.6 is 11.5 Å². The first-order valence-electron chi connectivity index (χ1n) is 4.51. The van der Waals surface area contributed by atoms with Gasteiger partial charge in [-0.3, -0.25) is 4.79 Å². The number of rotatable bonds is 4. The first-order chi connectivity index (χ1) is 7.47. The van der Waals surface area contributed by atoms with Crippen molar-refractivity contribution in [1.82, 2.24) is 14.9 Å². The van der Waals surface area contributed by atoms with Crippen LogP contribution in [-0.4, -0.2) is 33.1 Å². The predicted octanol–water partition coefficient (Wildman–Crippen LogP) is 0.0405. The highest BCUT2D eigenvalue weighted by atomic mass is 32.1. The van der Waals surface area contributed by atoms with Crippen LogP contribution in [0.4, 0.5) is 0 Å². The van der Waals surface area contributed by atoms with Crippen molar-refractivity contribution in [2.75, 3.05) is 6.54 Å². The van der Waals surface area contributed by atoms with Gasteiger partial charge in [0.25, 0.3) is 5.91 Å². The number of nitrogens with zero attached hydrogens (tertiary/aromatic N) is 3. The molecular weight excluding hydrogens is 230 g/mol. The molecule has 1 aromatic heterocycles. The van der Waals surface area contributed by atoms with E-state index >= 15 is 0 Å². The van der Waals surface area contributed by atoms with E-state index in [1.54, 1.807) is 13.8 Å². The third-order valence-corrected chi connectivity index (χ3v) is 2.74. The van der Waals surface area contributed by atoms with Gasteiger partial charge >= 0.3 is 0 Å². The van der Waals surface area contributed by atoms with Gasteiger partial charge in [0, 0.05) is 12.0 Å². The zero-order valence-corrected chi connectivity index (χ0v) is 9.78. The fourth-order valence-electron chi connectivity index (χ4n) is 0.881. The monoisotopic (exact) mass is 243 g/mol. The van der Waals surface area contributed by atoms with Gasteiger partial charge in [0.2, 0.25) is 0 Å². The summed E-state index contributed by atoms with van der Waals surface area (Å²) in [6.45, 7) is 3.78. The van der Waals surface area contributed by atoms with Gasteiger partial charge in [0.05, 0.1) is 6.20 Å². The molecule has 1 amide bonds. The van der Waals surface area contributed by atoms with Crippen molar-refractivity contribution in [3.8, 4) is 0 Å². The number of hydrogen-bond donors (Lipinski definition) is 3. The molecule has 0 fully saturated rings. The van der Waals surface area contributed by atoms with E-state index < -0.39 is 5.41 Å². The molecule has 0 aromatic carbocycles. The second kappa shape index (κ2) is 4.88. The summed E-state index contributed by atoms with van der Waals surface area (Å²) in [4.78, 5) is 12.0. The fraction of sp³-hybridized carbons (Fsp3) is 0.500. The number of carbonyl (C=O) groups excluding carboxylic acids is 1. The number of carbonyl (C=O) groups is 1. The molecule has 16 heavy (non-hydrogen) atoms. The molecule has 0 saturated carbocycles. The number of aromatic nitrogens is 2. The molecule has 8 heteroatoms. The standard InChI is InChI=1S/C8H13N5O2S/c1-8(2,7(9)12-15)4-10-6(14)5-3-11-13-16-5/h3,15H,4H2,1-2H3,(H2,9,12)(H,10,14). The lowest BCUT2D eigenvalue weighted by molar-refractivity contribution is 0.0948. The summed E-state index contributed by atoms with van der Waals surface area (Å²) < 4.78 is 3.58. The molecule has 88 valence electrons. The van der Waals surface area contributed by atoms with E-state index in [9.17, 15) is 4.79 Å². The average molecular weight is 243 g/mol. The van der Waals surface area contributed by atoms with Crippen LogP contribution in [0.1, 0.15) is 23.5 Å². The largest absolute Gasteiger partial charge is 0.409 e. The van der Waals surface area contributed by atoms with E-state index in [0.717, 1.165) is 11.5 Å². The zero-order chi connectivity index (χ0) is 12.2. The van der Waals surface area contributed by atoms with E-state index in [4.69, 9.17) is 10.9 Å². The van der Waals surface area contributed by atoms with Crippen LogP contribution < -0.4 is 11.1 Å². The van der Waals surface area contributed by atoms with Gasteiger partial charge in [-0.05, 0) is 11.5 Å². The quantitative estimate of drug-likeness (QED) is 0.299. The van der Waals surface area contributed by atoms with Crippen molar-refractivity contribution in [2.24, 2.45) is 16.3 Å². The first kappa shape index (κ1) is 12.4. The lowest BCUT2D eigenvalue weighted by Gasteiger charge is -2.22. The fourth-order valence-corrected chi connectivity index (χ4v) is 1.31. The third kappa shape index (κ3) is 2.89. The Balaban J connectivity index is 2.55. The van der Waals surface area contributed by atoms with Crippen LogP contribution in [0.25, 0.3) is 0 Å². The molecule has 0 aliphatic carbocycles. The molecule has 0 atom stereocenters. The highest BCUT2D eigenvalue weighted by molar-refractivity contribution is 7.07. The highest BCUT2D eigenvalue weighted by Crippen LogP contribution is 2.13. The topological polar surface area (TPSA) is 113 Å². The summed E-state index contributed by atoms with van der Waals surface area (Å²) in [5, 5.41) is 17.7. The Hall–Kier alpha value is -1.70. The Morgan fingerprint density at radius 2 is 2.44 bits per heavy atom. The predicted molar refractivity (Wildman–Crippen MR) is 59.4 cm³/mol. The van der Waals surface area contributed by atoms with Crippen molar-refractivity contribution in [2.45, 2.75) is 13.8 Å². The van der Waals surface area contributed by atoms with E-state index in [-0.39, 0.29) is 18.3 Å². The molecule has 0 radical (unpaired) electrons. The van der Waals surface area contributed by atoms with Crippen LogP contribution in [0.5, 0.6) is 0 Å². The second-order valence-corrected chi connectivity index (χ2v) is 4.62. The smallest absolute Gasteiger partial charge is 0.264 e. The van der Waals surface area contributed by atoms with E-state index in [0.29, 0.717) is 4.88 Å². The minimum absolute atomic E-state index is 0.0650. The van der Waals surface area contributed by atoms with Gasteiger partial charge in [-0.25, -0.2) is 0 Å². The summed E-state index contributed by atoms with van der Waals surface area (Å²) in [6.07, 6.45) is 1.39.